The van der Waals surface area contributed by atoms with Crippen LogP contribution < -0.4 is 5.32 Å². The Balaban J connectivity index is 3.41. The molecule has 1 N–H and O–H groups in total. The van der Waals surface area contributed by atoms with E-state index < -0.39 is 54.0 Å². The molecule has 0 aliphatic rings. The van der Waals surface area contributed by atoms with E-state index in [2.05, 4.69) is 0 Å². The number of nitro benzene ring substituents is 1. The van der Waals surface area contributed by atoms with Crippen molar-refractivity contribution in [2.45, 2.75) is 11.3 Å². The summed E-state index contributed by atoms with van der Waals surface area (Å²) in [6.45, 7) is -1.03. The van der Waals surface area contributed by atoms with Gasteiger partial charge in [0.15, 0.2) is 0 Å². The molecule has 0 radical (unpaired) electrons. The summed E-state index contributed by atoms with van der Waals surface area (Å²) in [5, 5.41) is 11.8. The molecule has 0 fully saturated rings. The van der Waals surface area contributed by atoms with Gasteiger partial charge in [-0.15, -0.1) is 0 Å². The van der Waals surface area contributed by atoms with Crippen LogP contribution in [0, 0.1) is 10.1 Å². The zero-order chi connectivity index (χ0) is 16.4. The molecule has 1 amide bonds. The van der Waals surface area contributed by atoms with Gasteiger partial charge in [0.25, 0.3) is 27.1 Å². The molecule has 1 aromatic carbocycles. The second kappa shape index (κ2) is 6.50. The van der Waals surface area contributed by atoms with Crippen LogP contribution in [0.4, 0.5) is 14.5 Å². The second-order valence-electron chi connectivity index (χ2n) is 3.60. The lowest BCUT2D eigenvalue weighted by Crippen LogP contribution is -2.29. The molecule has 0 saturated carbocycles. The number of alkyl halides is 2. The van der Waals surface area contributed by atoms with Gasteiger partial charge < -0.3 is 5.32 Å². The number of nitro groups is 1. The van der Waals surface area contributed by atoms with E-state index in [0.717, 1.165) is 0 Å². The van der Waals surface area contributed by atoms with Gasteiger partial charge in [-0.25, -0.2) is 17.2 Å². The van der Waals surface area contributed by atoms with Crippen molar-refractivity contribution in [3.8, 4) is 0 Å². The molecule has 0 aliphatic heterocycles. The highest BCUT2D eigenvalue weighted by atomic mass is 35.7. The predicted octanol–water partition coefficient (Wildman–Crippen LogP) is 2.17. The van der Waals surface area contributed by atoms with E-state index >= 15 is 0 Å². The molecule has 0 aliphatic carbocycles. The Bertz CT molecular complexity index is 696. The van der Waals surface area contributed by atoms with Crippen molar-refractivity contribution < 1.29 is 26.9 Å². The molecule has 1 aromatic rings. The van der Waals surface area contributed by atoms with Gasteiger partial charge in [0.2, 0.25) is 0 Å². The quantitative estimate of drug-likeness (QED) is 0.490. The summed E-state index contributed by atoms with van der Waals surface area (Å²) in [6.07, 6.45) is -2.86. The van der Waals surface area contributed by atoms with E-state index in [1.54, 1.807) is 5.32 Å². The average molecular weight is 363 g/mol. The number of carbonyl (C=O) groups is 1. The Morgan fingerprint density at radius 3 is 2.43 bits per heavy atom. The monoisotopic (exact) mass is 362 g/mol. The van der Waals surface area contributed by atoms with Crippen molar-refractivity contribution in [1.29, 1.82) is 0 Å². The van der Waals surface area contributed by atoms with E-state index in [-0.39, 0.29) is 0 Å². The Morgan fingerprint density at radius 2 is 2.00 bits per heavy atom. The highest BCUT2D eigenvalue weighted by molar-refractivity contribution is 8.13. The van der Waals surface area contributed by atoms with Gasteiger partial charge in [-0.2, -0.15) is 0 Å². The molecule has 116 valence electrons. The number of amides is 1. The van der Waals surface area contributed by atoms with Crippen LogP contribution in [-0.4, -0.2) is 32.2 Å². The summed E-state index contributed by atoms with van der Waals surface area (Å²) in [5.74, 6) is -1.19. The molecule has 12 heteroatoms. The average Bonchev–Trinajstić information content (AvgIpc) is 2.34. The van der Waals surface area contributed by atoms with Crippen LogP contribution in [0.5, 0.6) is 0 Å². The summed E-state index contributed by atoms with van der Waals surface area (Å²) < 4.78 is 46.6. The van der Waals surface area contributed by atoms with Crippen molar-refractivity contribution in [3.63, 3.8) is 0 Å². The first-order valence-electron chi connectivity index (χ1n) is 5.03. The standard InChI is InChI=1S/C9H6Cl2F2N2O5S/c10-8-5(9(16)14-3-7(12)13)1-4(15(17)18)2-6(8)21(11,19)20/h1-2,7H,3H2,(H,14,16). The van der Waals surface area contributed by atoms with Crippen LogP contribution in [0.2, 0.25) is 5.02 Å². The summed E-state index contributed by atoms with van der Waals surface area (Å²) in [6, 6.07) is 1.23. The Labute approximate surface area is 126 Å². The first-order valence-corrected chi connectivity index (χ1v) is 7.71. The van der Waals surface area contributed by atoms with Gasteiger partial charge in [-0.1, -0.05) is 11.6 Å². The van der Waals surface area contributed by atoms with Gasteiger partial charge in [0.05, 0.1) is 22.1 Å². The third-order valence-corrected chi connectivity index (χ3v) is 4.02. The number of hydrogen-bond donors (Lipinski definition) is 1. The van der Waals surface area contributed by atoms with E-state index in [1.807, 2.05) is 0 Å². The number of rotatable bonds is 5. The van der Waals surface area contributed by atoms with Crippen molar-refractivity contribution in [1.82, 2.24) is 5.32 Å². The molecule has 0 atom stereocenters. The Hall–Kier alpha value is -1.52. The highest BCUT2D eigenvalue weighted by Crippen LogP contribution is 2.32. The number of halogens is 4. The molecule has 7 nitrogen and oxygen atoms in total. The minimum atomic E-state index is -4.47. The van der Waals surface area contributed by atoms with Gasteiger partial charge in [-0.05, 0) is 0 Å². The van der Waals surface area contributed by atoms with E-state index in [0.29, 0.717) is 12.1 Å². The van der Waals surface area contributed by atoms with Crippen molar-refractivity contribution in [2.75, 3.05) is 6.54 Å². The molecule has 21 heavy (non-hydrogen) atoms. The number of nitrogens with zero attached hydrogens (tertiary/aromatic N) is 1. The van der Waals surface area contributed by atoms with Gasteiger partial charge in [-0.3, -0.25) is 14.9 Å². The largest absolute Gasteiger partial charge is 0.346 e. The zero-order valence-corrected chi connectivity index (χ0v) is 12.2. The summed E-state index contributed by atoms with van der Waals surface area (Å²) in [5.41, 5.74) is -1.42. The lowest BCUT2D eigenvalue weighted by atomic mass is 10.2. The number of carbonyl (C=O) groups excluding carboxylic acids is 1. The maximum Gasteiger partial charge on any atom is 0.271 e. The highest BCUT2D eigenvalue weighted by Gasteiger charge is 2.26. The molecule has 0 bridgehead atoms. The lowest BCUT2D eigenvalue weighted by molar-refractivity contribution is -0.385. The lowest BCUT2D eigenvalue weighted by Gasteiger charge is -2.08. The fraction of sp³-hybridized carbons (Fsp3) is 0.222. The molecule has 0 spiro atoms. The first-order chi connectivity index (χ1) is 9.54. The summed E-state index contributed by atoms with van der Waals surface area (Å²) in [4.78, 5) is 20.5. The van der Waals surface area contributed by atoms with Crippen LogP contribution in [0.25, 0.3) is 0 Å². The number of non-ortho nitro benzene ring substituents is 1. The molecule has 1 rings (SSSR count). The minimum absolute atomic E-state index is 0.564. The van der Waals surface area contributed by atoms with Gasteiger partial charge in [0, 0.05) is 22.8 Å². The number of benzene rings is 1. The fourth-order valence-electron chi connectivity index (χ4n) is 1.30. The smallest absolute Gasteiger partial charge is 0.271 e. The van der Waals surface area contributed by atoms with E-state index in [1.165, 1.54) is 0 Å². The van der Waals surface area contributed by atoms with Crippen molar-refractivity contribution >= 4 is 42.9 Å². The van der Waals surface area contributed by atoms with Gasteiger partial charge in [0.1, 0.15) is 4.90 Å². The molecular weight excluding hydrogens is 357 g/mol. The SMILES string of the molecule is O=C(NCC(F)F)c1cc([N+](=O)[O-])cc(S(=O)(=O)Cl)c1Cl. The van der Waals surface area contributed by atoms with Crippen molar-refractivity contribution in [2.24, 2.45) is 0 Å². The normalized spacial score (nSPS) is 11.5. The van der Waals surface area contributed by atoms with Crippen molar-refractivity contribution in [3.05, 3.63) is 32.8 Å². The fourth-order valence-corrected chi connectivity index (χ4v) is 2.87. The number of hydrogen-bond acceptors (Lipinski definition) is 5. The van der Waals surface area contributed by atoms with Crippen LogP contribution in [0.1, 0.15) is 10.4 Å². The second-order valence-corrected chi connectivity index (χ2v) is 6.51. The third-order valence-electron chi connectivity index (χ3n) is 2.16. The Morgan fingerprint density at radius 1 is 1.43 bits per heavy atom. The maximum atomic E-state index is 12.0. The van der Waals surface area contributed by atoms with E-state index in [4.69, 9.17) is 22.3 Å². The molecule has 0 saturated heterocycles. The summed E-state index contributed by atoms with van der Waals surface area (Å²) in [7, 11) is 0.589. The topological polar surface area (TPSA) is 106 Å². The molecule has 0 aromatic heterocycles. The van der Waals surface area contributed by atoms with Gasteiger partial charge >= 0.3 is 0 Å². The third kappa shape index (κ3) is 4.48. The molecule has 0 heterocycles. The maximum absolute atomic E-state index is 12.0. The van der Waals surface area contributed by atoms with Crippen LogP contribution in [0.15, 0.2) is 17.0 Å². The molecular formula is C9H6Cl2F2N2O5S. The predicted molar refractivity (Wildman–Crippen MR) is 69.5 cm³/mol. The van der Waals surface area contributed by atoms with Crippen LogP contribution >= 0.6 is 22.3 Å². The van der Waals surface area contributed by atoms with Crippen LogP contribution in [0.3, 0.4) is 0 Å². The Kier molecular flexibility index (Phi) is 5.42. The first kappa shape index (κ1) is 17.5. The zero-order valence-electron chi connectivity index (χ0n) is 9.85. The number of nitrogens with one attached hydrogen (secondary N) is 1. The van der Waals surface area contributed by atoms with Crippen LogP contribution in [-0.2, 0) is 9.05 Å². The molecule has 0 unspecified atom stereocenters. The summed E-state index contributed by atoms with van der Waals surface area (Å²) >= 11 is 5.65. The van der Waals surface area contributed by atoms with E-state index in [9.17, 15) is 32.1 Å². The minimum Gasteiger partial charge on any atom is -0.346 e.